The number of likely N-dealkylation sites (tertiary alicyclic amines) is 2. The van der Waals surface area contributed by atoms with E-state index in [2.05, 4.69) is 34.3 Å². The Labute approximate surface area is 179 Å². The van der Waals surface area contributed by atoms with Crippen LogP contribution in [-0.4, -0.2) is 85.0 Å². The third-order valence-corrected chi connectivity index (χ3v) is 7.04. The van der Waals surface area contributed by atoms with E-state index >= 15 is 0 Å². The van der Waals surface area contributed by atoms with Crippen LogP contribution < -0.4 is 10.1 Å². The lowest BCUT2D eigenvalue weighted by molar-refractivity contribution is -0.130. The molecule has 30 heavy (non-hydrogen) atoms. The Bertz CT molecular complexity index is 747. The van der Waals surface area contributed by atoms with Gasteiger partial charge in [-0.3, -0.25) is 19.4 Å². The molecule has 3 heterocycles. The summed E-state index contributed by atoms with van der Waals surface area (Å²) in [5.74, 6) is 1.23. The number of carbonyl (C=O) groups excluding carboxylic acids is 2. The standard InChI is InChI=1S/C23H34N4O3/c1-25-18(7-10-21(28)26-12-3-4-13-26)15-24-23(29)22-20(25)11-14-27(22)16-17-5-8-19(30-2)9-6-17/h5-6,8-9,18,20,22H,3-4,7,10-16H2,1-2H3,(H,24,29)/t18-,20+,22-/m0/s1. The normalized spacial score (nSPS) is 27.6. The number of rotatable bonds is 6. The van der Waals surface area contributed by atoms with Gasteiger partial charge < -0.3 is 15.0 Å². The van der Waals surface area contributed by atoms with Crippen molar-refractivity contribution in [1.29, 1.82) is 0 Å². The predicted molar refractivity (Wildman–Crippen MR) is 115 cm³/mol. The zero-order valence-electron chi connectivity index (χ0n) is 18.2. The van der Waals surface area contributed by atoms with Gasteiger partial charge >= 0.3 is 0 Å². The van der Waals surface area contributed by atoms with Crippen LogP contribution in [0.15, 0.2) is 24.3 Å². The summed E-state index contributed by atoms with van der Waals surface area (Å²) in [4.78, 5) is 32.1. The molecule has 1 aromatic carbocycles. The Morgan fingerprint density at radius 3 is 2.60 bits per heavy atom. The number of methoxy groups -OCH3 is 1. The zero-order valence-corrected chi connectivity index (χ0v) is 18.2. The van der Waals surface area contributed by atoms with Gasteiger partial charge in [0.25, 0.3) is 0 Å². The zero-order chi connectivity index (χ0) is 21.1. The van der Waals surface area contributed by atoms with Crippen LogP contribution in [0, 0.1) is 0 Å². The highest BCUT2D eigenvalue weighted by Gasteiger charge is 2.44. The van der Waals surface area contributed by atoms with Gasteiger partial charge in [0.15, 0.2) is 0 Å². The van der Waals surface area contributed by atoms with Crippen LogP contribution in [0.4, 0.5) is 0 Å². The van der Waals surface area contributed by atoms with Crippen molar-refractivity contribution in [3.05, 3.63) is 29.8 Å². The maximum Gasteiger partial charge on any atom is 0.239 e. The minimum Gasteiger partial charge on any atom is -0.497 e. The first-order chi connectivity index (χ1) is 14.6. The highest BCUT2D eigenvalue weighted by Crippen LogP contribution is 2.29. The third-order valence-electron chi connectivity index (χ3n) is 7.04. The van der Waals surface area contributed by atoms with Crippen LogP contribution in [-0.2, 0) is 16.1 Å². The monoisotopic (exact) mass is 414 g/mol. The second-order valence-corrected chi connectivity index (χ2v) is 8.81. The summed E-state index contributed by atoms with van der Waals surface area (Å²) in [5, 5.41) is 3.16. The highest BCUT2D eigenvalue weighted by atomic mass is 16.5. The number of nitrogens with zero attached hydrogens (tertiary/aromatic N) is 3. The molecule has 1 aromatic rings. The smallest absolute Gasteiger partial charge is 0.239 e. The summed E-state index contributed by atoms with van der Waals surface area (Å²) in [6.07, 6.45) is 4.59. The Balaban J connectivity index is 1.38. The lowest BCUT2D eigenvalue weighted by atomic mass is 10.0. The number of carbonyl (C=O) groups is 2. The molecular formula is C23H34N4O3. The molecule has 7 heteroatoms. The van der Waals surface area contributed by atoms with Crippen molar-refractivity contribution in [2.45, 2.75) is 56.8 Å². The van der Waals surface area contributed by atoms with E-state index in [9.17, 15) is 9.59 Å². The minimum atomic E-state index is -0.142. The molecule has 0 bridgehead atoms. The van der Waals surface area contributed by atoms with E-state index in [1.807, 2.05) is 17.0 Å². The second kappa shape index (κ2) is 9.35. The summed E-state index contributed by atoms with van der Waals surface area (Å²) < 4.78 is 5.25. The number of amides is 2. The molecule has 7 nitrogen and oxygen atoms in total. The molecule has 2 amide bonds. The Morgan fingerprint density at radius 1 is 1.17 bits per heavy atom. The Hall–Kier alpha value is -2.12. The summed E-state index contributed by atoms with van der Waals surface area (Å²) in [6, 6.07) is 8.32. The fraction of sp³-hybridized carbons (Fsp3) is 0.652. The lowest BCUT2D eigenvalue weighted by Gasteiger charge is -2.33. The molecule has 3 fully saturated rings. The molecule has 1 N–H and O–H groups in total. The first-order valence-corrected chi connectivity index (χ1v) is 11.2. The molecule has 3 atom stereocenters. The number of hydrogen-bond donors (Lipinski definition) is 1. The topological polar surface area (TPSA) is 65.1 Å². The molecular weight excluding hydrogens is 380 g/mol. The summed E-state index contributed by atoms with van der Waals surface area (Å²) >= 11 is 0. The van der Waals surface area contributed by atoms with Crippen molar-refractivity contribution in [2.75, 3.05) is 40.3 Å². The molecule has 4 rings (SSSR count). The van der Waals surface area contributed by atoms with E-state index in [-0.39, 0.29) is 29.9 Å². The van der Waals surface area contributed by atoms with E-state index in [4.69, 9.17) is 4.74 Å². The largest absolute Gasteiger partial charge is 0.497 e. The molecule has 3 saturated heterocycles. The molecule has 0 spiro atoms. The van der Waals surface area contributed by atoms with E-state index in [0.29, 0.717) is 13.0 Å². The van der Waals surface area contributed by atoms with Crippen molar-refractivity contribution in [1.82, 2.24) is 20.0 Å². The molecule has 0 aromatic heterocycles. The summed E-state index contributed by atoms with van der Waals surface area (Å²) in [6.45, 7) is 4.08. The second-order valence-electron chi connectivity index (χ2n) is 8.81. The number of likely N-dealkylation sites (N-methyl/N-ethyl adjacent to an activating group) is 1. The quantitative estimate of drug-likeness (QED) is 0.764. The van der Waals surface area contributed by atoms with Crippen LogP contribution in [0.25, 0.3) is 0 Å². The van der Waals surface area contributed by atoms with Crippen molar-refractivity contribution < 1.29 is 14.3 Å². The average Bonchev–Trinajstić information content (AvgIpc) is 3.42. The highest BCUT2D eigenvalue weighted by molar-refractivity contribution is 5.83. The van der Waals surface area contributed by atoms with E-state index < -0.39 is 0 Å². The third kappa shape index (κ3) is 4.47. The maximum absolute atomic E-state index is 13.0. The summed E-state index contributed by atoms with van der Waals surface area (Å²) in [7, 11) is 3.79. The van der Waals surface area contributed by atoms with Crippen molar-refractivity contribution in [2.24, 2.45) is 0 Å². The van der Waals surface area contributed by atoms with Gasteiger partial charge in [0.2, 0.25) is 11.8 Å². The van der Waals surface area contributed by atoms with Crippen LogP contribution >= 0.6 is 0 Å². The molecule has 0 radical (unpaired) electrons. The van der Waals surface area contributed by atoms with Gasteiger partial charge in [-0.15, -0.1) is 0 Å². The predicted octanol–water partition coefficient (Wildman–Crippen LogP) is 1.47. The van der Waals surface area contributed by atoms with Crippen molar-refractivity contribution >= 4 is 11.8 Å². The Kier molecular flexibility index (Phi) is 6.58. The van der Waals surface area contributed by atoms with Crippen LogP contribution in [0.1, 0.15) is 37.7 Å². The molecule has 3 aliphatic heterocycles. The number of benzene rings is 1. The molecule has 3 aliphatic rings. The number of nitrogens with one attached hydrogen (secondary N) is 1. The first kappa shape index (κ1) is 21.1. The molecule has 0 saturated carbocycles. The number of ether oxygens (including phenoxy) is 1. The van der Waals surface area contributed by atoms with Crippen LogP contribution in [0.5, 0.6) is 5.75 Å². The van der Waals surface area contributed by atoms with Gasteiger partial charge in [0.05, 0.1) is 7.11 Å². The van der Waals surface area contributed by atoms with E-state index in [1.165, 1.54) is 5.56 Å². The maximum atomic E-state index is 13.0. The van der Waals surface area contributed by atoms with Crippen LogP contribution in [0.3, 0.4) is 0 Å². The fourth-order valence-electron chi connectivity index (χ4n) is 5.21. The van der Waals surface area contributed by atoms with Crippen molar-refractivity contribution in [3.8, 4) is 5.75 Å². The lowest BCUT2D eigenvalue weighted by Crippen LogP contribution is -2.49. The first-order valence-electron chi connectivity index (χ1n) is 11.2. The van der Waals surface area contributed by atoms with Crippen molar-refractivity contribution in [3.63, 3.8) is 0 Å². The van der Waals surface area contributed by atoms with Gasteiger partial charge in [-0.2, -0.15) is 0 Å². The van der Waals surface area contributed by atoms with Crippen LogP contribution in [0.2, 0.25) is 0 Å². The number of fused-ring (bicyclic) bond motifs is 1. The average molecular weight is 415 g/mol. The van der Waals surface area contributed by atoms with Gasteiger partial charge in [0, 0.05) is 51.2 Å². The summed E-state index contributed by atoms with van der Waals surface area (Å²) in [5.41, 5.74) is 1.18. The molecule has 0 aliphatic carbocycles. The van der Waals surface area contributed by atoms with Gasteiger partial charge in [0.1, 0.15) is 11.8 Å². The van der Waals surface area contributed by atoms with Gasteiger partial charge in [-0.1, -0.05) is 12.1 Å². The van der Waals surface area contributed by atoms with E-state index in [0.717, 1.165) is 57.6 Å². The van der Waals surface area contributed by atoms with Gasteiger partial charge in [-0.25, -0.2) is 0 Å². The molecule has 164 valence electrons. The SMILES string of the molecule is COc1ccc(CN2CC[C@@H]3[C@H]2C(=O)NC[C@H](CCC(=O)N2CCCC2)N3C)cc1. The van der Waals surface area contributed by atoms with Gasteiger partial charge in [-0.05, 0) is 50.4 Å². The minimum absolute atomic E-state index is 0.117. The molecule has 0 unspecified atom stereocenters. The van der Waals surface area contributed by atoms with E-state index in [1.54, 1.807) is 7.11 Å². The number of hydrogen-bond acceptors (Lipinski definition) is 5. The Morgan fingerprint density at radius 2 is 1.90 bits per heavy atom. The fourth-order valence-corrected chi connectivity index (χ4v) is 5.21.